The summed E-state index contributed by atoms with van der Waals surface area (Å²) in [5.41, 5.74) is 3.75. The Bertz CT molecular complexity index is 1300. The van der Waals surface area contributed by atoms with E-state index >= 15 is 0 Å². The van der Waals surface area contributed by atoms with Gasteiger partial charge in [0.1, 0.15) is 6.61 Å². The van der Waals surface area contributed by atoms with E-state index in [-0.39, 0.29) is 5.91 Å². The summed E-state index contributed by atoms with van der Waals surface area (Å²) in [6.07, 6.45) is 6.61. The lowest BCUT2D eigenvalue weighted by Crippen LogP contribution is -2.40. The third-order valence-corrected chi connectivity index (χ3v) is 6.54. The molecule has 5 rings (SSSR count). The van der Waals surface area contributed by atoms with E-state index in [1.807, 2.05) is 41.4 Å². The predicted molar refractivity (Wildman–Crippen MR) is 136 cm³/mol. The first kappa shape index (κ1) is 22.8. The van der Waals surface area contributed by atoms with E-state index in [4.69, 9.17) is 9.47 Å². The van der Waals surface area contributed by atoms with E-state index < -0.39 is 0 Å². The fourth-order valence-corrected chi connectivity index (χ4v) is 4.80. The van der Waals surface area contributed by atoms with Crippen LogP contribution in [0.5, 0.6) is 11.5 Å². The van der Waals surface area contributed by atoms with Crippen LogP contribution in [0.25, 0.3) is 10.9 Å². The summed E-state index contributed by atoms with van der Waals surface area (Å²) in [6, 6.07) is 21.5. The van der Waals surface area contributed by atoms with Crippen LogP contribution in [0.3, 0.4) is 0 Å². The molecule has 0 N–H and O–H groups in total. The summed E-state index contributed by atoms with van der Waals surface area (Å²) < 4.78 is 11.4. The standard InChI is InChI=1S/C29H29N3O3/c1-34-27-18-24(12-13-26(27)35-20-25-11-2-3-14-30-25)29(33)32-16-6-7-21(19-32)17-23-9-4-8-22-10-5-15-31-28(22)23/h2-5,8-15,18,21H,6-7,16-17,19-20H2,1H3/t21-/m0/s1. The normalized spacial score (nSPS) is 15.7. The predicted octanol–water partition coefficient (Wildman–Crippen LogP) is 5.31. The molecule has 178 valence electrons. The van der Waals surface area contributed by atoms with Crippen molar-refractivity contribution >= 4 is 16.8 Å². The minimum atomic E-state index is 0.0281. The first-order valence-electron chi connectivity index (χ1n) is 12.0. The van der Waals surface area contributed by atoms with Crippen molar-refractivity contribution in [3.63, 3.8) is 0 Å². The molecule has 1 amide bonds. The maximum absolute atomic E-state index is 13.4. The molecule has 1 atom stereocenters. The number of amides is 1. The van der Waals surface area contributed by atoms with E-state index in [1.54, 1.807) is 25.4 Å². The number of rotatable bonds is 7. The summed E-state index contributed by atoms with van der Waals surface area (Å²) in [5.74, 6) is 1.57. The highest BCUT2D eigenvalue weighted by molar-refractivity contribution is 5.95. The van der Waals surface area contributed by atoms with Crippen LogP contribution in [0.2, 0.25) is 0 Å². The van der Waals surface area contributed by atoms with Crippen molar-refractivity contribution in [3.8, 4) is 11.5 Å². The number of methoxy groups -OCH3 is 1. The van der Waals surface area contributed by atoms with Gasteiger partial charge in [-0.1, -0.05) is 30.3 Å². The van der Waals surface area contributed by atoms with Gasteiger partial charge in [-0.25, -0.2) is 0 Å². The Morgan fingerprint density at radius 2 is 1.89 bits per heavy atom. The fraction of sp³-hybridized carbons (Fsp3) is 0.276. The molecule has 0 radical (unpaired) electrons. The van der Waals surface area contributed by atoms with Crippen LogP contribution in [0.4, 0.5) is 0 Å². The summed E-state index contributed by atoms with van der Waals surface area (Å²) in [7, 11) is 1.59. The van der Waals surface area contributed by atoms with Gasteiger partial charge >= 0.3 is 0 Å². The van der Waals surface area contributed by atoms with Crippen LogP contribution < -0.4 is 9.47 Å². The van der Waals surface area contributed by atoms with Gasteiger partial charge in [-0.3, -0.25) is 14.8 Å². The Labute approximate surface area is 205 Å². The van der Waals surface area contributed by atoms with E-state index in [1.165, 1.54) is 5.56 Å². The number of piperidine rings is 1. The number of carbonyl (C=O) groups is 1. The van der Waals surface area contributed by atoms with Gasteiger partial charge in [-0.05, 0) is 67.1 Å². The molecule has 35 heavy (non-hydrogen) atoms. The highest BCUT2D eigenvalue weighted by Gasteiger charge is 2.26. The number of ether oxygens (including phenoxy) is 2. The Hall–Kier alpha value is -3.93. The van der Waals surface area contributed by atoms with Crippen LogP contribution in [-0.2, 0) is 13.0 Å². The van der Waals surface area contributed by atoms with Crippen LogP contribution in [-0.4, -0.2) is 41.0 Å². The molecule has 2 aromatic heterocycles. The van der Waals surface area contributed by atoms with Gasteiger partial charge in [0.05, 0.1) is 18.3 Å². The summed E-state index contributed by atoms with van der Waals surface area (Å²) >= 11 is 0. The zero-order valence-electron chi connectivity index (χ0n) is 19.9. The monoisotopic (exact) mass is 467 g/mol. The van der Waals surface area contributed by atoms with Crippen molar-refractivity contribution in [3.05, 3.63) is 95.9 Å². The third-order valence-electron chi connectivity index (χ3n) is 6.54. The van der Waals surface area contributed by atoms with Crippen LogP contribution in [0, 0.1) is 5.92 Å². The van der Waals surface area contributed by atoms with Crippen LogP contribution in [0.15, 0.2) is 79.1 Å². The van der Waals surface area contributed by atoms with Crippen molar-refractivity contribution in [2.75, 3.05) is 20.2 Å². The van der Waals surface area contributed by atoms with Gasteiger partial charge in [-0.2, -0.15) is 0 Å². The van der Waals surface area contributed by atoms with Crippen molar-refractivity contribution in [1.82, 2.24) is 14.9 Å². The number of nitrogens with zero attached hydrogens (tertiary/aromatic N) is 3. The molecule has 0 aliphatic carbocycles. The van der Waals surface area contributed by atoms with Crippen LogP contribution >= 0.6 is 0 Å². The average Bonchev–Trinajstić information content (AvgIpc) is 2.92. The Morgan fingerprint density at radius 1 is 1.00 bits per heavy atom. The maximum Gasteiger partial charge on any atom is 0.254 e. The SMILES string of the molecule is COc1cc(C(=O)N2CCC[C@@H](Cc3cccc4cccnc34)C2)ccc1OCc1ccccn1. The first-order chi connectivity index (χ1) is 17.2. The maximum atomic E-state index is 13.4. The van der Waals surface area contributed by atoms with Crippen molar-refractivity contribution in [1.29, 1.82) is 0 Å². The number of benzene rings is 2. The molecule has 1 saturated heterocycles. The van der Waals surface area contributed by atoms with Gasteiger partial charge < -0.3 is 14.4 Å². The number of para-hydroxylation sites is 1. The highest BCUT2D eigenvalue weighted by atomic mass is 16.5. The number of pyridine rings is 2. The van der Waals surface area contributed by atoms with Gasteiger partial charge in [0.15, 0.2) is 11.5 Å². The molecular weight excluding hydrogens is 438 g/mol. The third kappa shape index (κ3) is 5.27. The van der Waals surface area contributed by atoms with Crippen molar-refractivity contribution in [2.45, 2.75) is 25.9 Å². The fourth-order valence-electron chi connectivity index (χ4n) is 4.80. The molecule has 4 aromatic rings. The second-order valence-corrected chi connectivity index (χ2v) is 8.93. The molecule has 0 bridgehead atoms. The molecule has 0 saturated carbocycles. The Balaban J connectivity index is 1.27. The number of fused-ring (bicyclic) bond motifs is 1. The molecule has 6 heteroatoms. The Kier molecular flexibility index (Phi) is 6.89. The van der Waals surface area contributed by atoms with E-state index in [9.17, 15) is 4.79 Å². The topological polar surface area (TPSA) is 64.5 Å². The van der Waals surface area contributed by atoms with Gasteiger partial charge in [0.2, 0.25) is 0 Å². The summed E-state index contributed by atoms with van der Waals surface area (Å²) in [5, 5.41) is 1.16. The number of likely N-dealkylation sites (tertiary alicyclic amines) is 1. The Morgan fingerprint density at radius 3 is 2.74 bits per heavy atom. The molecule has 1 aliphatic heterocycles. The van der Waals surface area contributed by atoms with Gasteiger partial charge in [-0.15, -0.1) is 0 Å². The van der Waals surface area contributed by atoms with Crippen molar-refractivity contribution in [2.24, 2.45) is 5.92 Å². The largest absolute Gasteiger partial charge is 0.493 e. The highest BCUT2D eigenvalue weighted by Crippen LogP contribution is 2.31. The molecule has 2 aromatic carbocycles. The zero-order valence-corrected chi connectivity index (χ0v) is 19.9. The van der Waals surface area contributed by atoms with Crippen LogP contribution in [0.1, 0.15) is 34.5 Å². The molecule has 6 nitrogen and oxygen atoms in total. The van der Waals surface area contributed by atoms with Gasteiger partial charge in [0, 0.05) is 36.4 Å². The zero-order chi connectivity index (χ0) is 24.0. The number of hydrogen-bond acceptors (Lipinski definition) is 5. The van der Waals surface area contributed by atoms with E-state index in [0.717, 1.165) is 48.9 Å². The van der Waals surface area contributed by atoms with E-state index in [0.29, 0.717) is 29.6 Å². The average molecular weight is 468 g/mol. The second kappa shape index (κ2) is 10.6. The molecular formula is C29H29N3O3. The summed E-state index contributed by atoms with van der Waals surface area (Å²) in [6.45, 7) is 1.84. The molecule has 1 aliphatic rings. The first-order valence-corrected chi connectivity index (χ1v) is 12.0. The summed E-state index contributed by atoms with van der Waals surface area (Å²) in [4.78, 5) is 24.2. The lowest BCUT2D eigenvalue weighted by molar-refractivity contribution is 0.0673. The number of aromatic nitrogens is 2. The van der Waals surface area contributed by atoms with Gasteiger partial charge in [0.25, 0.3) is 5.91 Å². The molecule has 0 unspecified atom stereocenters. The minimum absolute atomic E-state index is 0.0281. The van der Waals surface area contributed by atoms with E-state index in [2.05, 4.69) is 34.2 Å². The molecule has 3 heterocycles. The van der Waals surface area contributed by atoms with Crippen molar-refractivity contribution < 1.29 is 14.3 Å². The number of carbonyl (C=O) groups excluding carboxylic acids is 1. The smallest absolute Gasteiger partial charge is 0.254 e. The lowest BCUT2D eigenvalue weighted by atomic mass is 9.90. The molecule has 0 spiro atoms. The number of hydrogen-bond donors (Lipinski definition) is 0. The molecule has 1 fully saturated rings. The minimum Gasteiger partial charge on any atom is -0.493 e. The quantitative estimate of drug-likeness (QED) is 0.368. The lowest BCUT2D eigenvalue weighted by Gasteiger charge is -2.33. The second-order valence-electron chi connectivity index (χ2n) is 8.93.